The molecule has 0 aromatic carbocycles. The number of imidazole rings is 1. The molecule has 0 saturated heterocycles. The Hall–Kier alpha value is -1.54. The number of hydrogen-bond donors (Lipinski definition) is 0. The largest absolute Gasteiger partial charge is 0.277 e. The van der Waals surface area contributed by atoms with Crippen LogP contribution < -0.4 is 0 Å². The fourth-order valence-corrected chi connectivity index (χ4v) is 1.91. The SMILES string of the molecule is CSc1cc(C)nc2c(C#N)ncn12. The topological polar surface area (TPSA) is 54.0 Å². The molecule has 0 fully saturated rings. The summed E-state index contributed by atoms with van der Waals surface area (Å²) in [5, 5.41) is 9.85. The Balaban J connectivity index is 2.85. The van der Waals surface area contributed by atoms with Crippen LogP contribution in [0.3, 0.4) is 0 Å². The highest BCUT2D eigenvalue weighted by Crippen LogP contribution is 2.18. The maximum atomic E-state index is 8.81. The summed E-state index contributed by atoms with van der Waals surface area (Å²) >= 11 is 1.61. The summed E-state index contributed by atoms with van der Waals surface area (Å²) in [7, 11) is 0. The van der Waals surface area contributed by atoms with Crippen molar-refractivity contribution in [3.8, 4) is 6.07 Å². The van der Waals surface area contributed by atoms with Crippen molar-refractivity contribution >= 4 is 17.4 Å². The van der Waals surface area contributed by atoms with Crippen LogP contribution in [0.15, 0.2) is 17.4 Å². The number of nitriles is 1. The average molecular weight is 204 g/mol. The maximum Gasteiger partial charge on any atom is 0.185 e. The minimum atomic E-state index is 0.379. The monoisotopic (exact) mass is 204 g/mol. The molecule has 14 heavy (non-hydrogen) atoms. The Kier molecular flexibility index (Phi) is 2.14. The van der Waals surface area contributed by atoms with Crippen molar-refractivity contribution in [1.82, 2.24) is 14.4 Å². The number of hydrogen-bond acceptors (Lipinski definition) is 4. The first kappa shape index (κ1) is 9.03. The van der Waals surface area contributed by atoms with Crippen molar-refractivity contribution in [2.24, 2.45) is 0 Å². The van der Waals surface area contributed by atoms with Gasteiger partial charge in [0.25, 0.3) is 0 Å². The molecule has 0 N–H and O–H groups in total. The third-order valence-corrected chi connectivity index (χ3v) is 2.64. The lowest BCUT2D eigenvalue weighted by atomic mass is 10.4. The van der Waals surface area contributed by atoms with Crippen molar-refractivity contribution in [1.29, 1.82) is 5.26 Å². The lowest BCUT2D eigenvalue weighted by molar-refractivity contribution is 0.960. The number of aromatic nitrogens is 3. The summed E-state index contributed by atoms with van der Waals surface area (Å²) in [5.74, 6) is 0. The fraction of sp³-hybridized carbons (Fsp3) is 0.222. The van der Waals surface area contributed by atoms with E-state index < -0.39 is 0 Å². The first-order valence-electron chi connectivity index (χ1n) is 4.05. The highest BCUT2D eigenvalue weighted by Gasteiger charge is 2.08. The molecule has 0 spiro atoms. The van der Waals surface area contributed by atoms with Gasteiger partial charge in [0, 0.05) is 5.69 Å². The van der Waals surface area contributed by atoms with Crippen molar-refractivity contribution in [2.45, 2.75) is 11.9 Å². The minimum absolute atomic E-state index is 0.379. The first-order chi connectivity index (χ1) is 6.76. The number of rotatable bonds is 1. The highest BCUT2D eigenvalue weighted by molar-refractivity contribution is 7.98. The van der Waals surface area contributed by atoms with Gasteiger partial charge in [-0.2, -0.15) is 5.26 Å². The van der Waals surface area contributed by atoms with Gasteiger partial charge in [0.2, 0.25) is 0 Å². The molecule has 5 heteroatoms. The fourth-order valence-electron chi connectivity index (χ4n) is 1.29. The van der Waals surface area contributed by atoms with Crippen molar-refractivity contribution in [3.05, 3.63) is 23.8 Å². The van der Waals surface area contributed by atoms with E-state index in [0.717, 1.165) is 10.7 Å². The van der Waals surface area contributed by atoms with Crippen LogP contribution in [0.25, 0.3) is 5.65 Å². The van der Waals surface area contributed by atoms with Gasteiger partial charge in [0.05, 0.1) is 5.03 Å². The molecule has 70 valence electrons. The lowest BCUT2D eigenvalue weighted by Crippen LogP contribution is -1.94. The van der Waals surface area contributed by atoms with Gasteiger partial charge in [-0.1, -0.05) is 0 Å². The summed E-state index contributed by atoms with van der Waals surface area (Å²) in [6.45, 7) is 1.91. The van der Waals surface area contributed by atoms with E-state index in [1.807, 2.05) is 29.7 Å². The van der Waals surface area contributed by atoms with Crippen LogP contribution in [0.4, 0.5) is 0 Å². The molecule has 4 nitrogen and oxygen atoms in total. The Morgan fingerprint density at radius 3 is 3.00 bits per heavy atom. The van der Waals surface area contributed by atoms with E-state index in [1.165, 1.54) is 0 Å². The smallest absolute Gasteiger partial charge is 0.185 e. The van der Waals surface area contributed by atoms with E-state index in [2.05, 4.69) is 9.97 Å². The van der Waals surface area contributed by atoms with Gasteiger partial charge < -0.3 is 0 Å². The van der Waals surface area contributed by atoms with Gasteiger partial charge in [0.15, 0.2) is 11.3 Å². The Bertz CT molecular complexity index is 523. The van der Waals surface area contributed by atoms with Crippen LogP contribution in [0.2, 0.25) is 0 Å². The average Bonchev–Trinajstić information content (AvgIpc) is 2.59. The van der Waals surface area contributed by atoms with Crippen LogP contribution in [0.1, 0.15) is 11.4 Å². The zero-order valence-electron chi connectivity index (χ0n) is 7.85. The van der Waals surface area contributed by atoms with Crippen LogP contribution in [-0.4, -0.2) is 20.6 Å². The Morgan fingerprint density at radius 1 is 1.57 bits per heavy atom. The van der Waals surface area contributed by atoms with Crippen LogP contribution in [0, 0.1) is 18.3 Å². The van der Waals surface area contributed by atoms with Crippen LogP contribution >= 0.6 is 11.8 Å². The quantitative estimate of drug-likeness (QED) is 0.523. The molecule has 0 aliphatic rings. The van der Waals surface area contributed by atoms with Crippen LogP contribution in [-0.2, 0) is 0 Å². The van der Waals surface area contributed by atoms with Crippen LogP contribution in [0.5, 0.6) is 0 Å². The number of nitrogens with zero attached hydrogens (tertiary/aromatic N) is 4. The van der Waals surface area contributed by atoms with E-state index >= 15 is 0 Å². The standard InChI is InChI=1S/C9H8N4S/c1-6-3-8(14-2)13-5-11-7(4-10)9(13)12-6/h3,5H,1-2H3. The molecular weight excluding hydrogens is 196 g/mol. The van der Waals surface area contributed by atoms with Crippen molar-refractivity contribution in [2.75, 3.05) is 6.26 Å². The molecule has 0 atom stereocenters. The minimum Gasteiger partial charge on any atom is -0.277 e. The van der Waals surface area contributed by atoms with Gasteiger partial charge in [0.1, 0.15) is 12.4 Å². The second-order valence-corrected chi connectivity index (χ2v) is 3.66. The summed E-state index contributed by atoms with van der Waals surface area (Å²) < 4.78 is 1.83. The zero-order valence-corrected chi connectivity index (χ0v) is 8.67. The van der Waals surface area contributed by atoms with E-state index in [4.69, 9.17) is 5.26 Å². The molecule has 0 amide bonds. The number of aryl methyl sites for hydroxylation is 1. The van der Waals surface area contributed by atoms with Gasteiger partial charge >= 0.3 is 0 Å². The molecule has 0 aliphatic heterocycles. The normalized spacial score (nSPS) is 10.4. The maximum absolute atomic E-state index is 8.81. The number of thioether (sulfide) groups is 1. The molecule has 0 unspecified atom stereocenters. The van der Waals surface area contributed by atoms with Gasteiger partial charge in [-0.15, -0.1) is 11.8 Å². The third kappa shape index (κ3) is 1.24. The van der Waals surface area contributed by atoms with E-state index in [0.29, 0.717) is 11.3 Å². The zero-order chi connectivity index (χ0) is 10.1. The molecule has 0 bridgehead atoms. The van der Waals surface area contributed by atoms with Gasteiger partial charge in [-0.25, -0.2) is 9.97 Å². The summed E-state index contributed by atoms with van der Waals surface area (Å²) in [6.07, 6.45) is 3.62. The lowest BCUT2D eigenvalue weighted by Gasteiger charge is -2.02. The van der Waals surface area contributed by atoms with E-state index in [1.54, 1.807) is 18.1 Å². The second kappa shape index (κ2) is 3.31. The number of fused-ring (bicyclic) bond motifs is 1. The molecule has 0 saturated carbocycles. The Labute approximate surface area is 85.6 Å². The third-order valence-electron chi connectivity index (χ3n) is 1.91. The Morgan fingerprint density at radius 2 is 2.36 bits per heavy atom. The summed E-state index contributed by atoms with van der Waals surface area (Å²) in [4.78, 5) is 8.27. The van der Waals surface area contributed by atoms with Gasteiger partial charge in [-0.05, 0) is 19.2 Å². The molecule has 2 heterocycles. The second-order valence-electron chi connectivity index (χ2n) is 2.84. The first-order valence-corrected chi connectivity index (χ1v) is 5.27. The summed E-state index contributed by atoms with van der Waals surface area (Å²) in [5.41, 5.74) is 1.92. The van der Waals surface area contributed by atoms with E-state index in [-0.39, 0.29) is 0 Å². The molecule has 2 rings (SSSR count). The molecule has 2 aromatic rings. The van der Waals surface area contributed by atoms with Gasteiger partial charge in [-0.3, -0.25) is 4.40 Å². The molecule has 0 aliphatic carbocycles. The molecular formula is C9H8N4S. The van der Waals surface area contributed by atoms with Crippen molar-refractivity contribution < 1.29 is 0 Å². The predicted octanol–water partition coefficient (Wildman–Crippen LogP) is 1.63. The van der Waals surface area contributed by atoms with Crippen molar-refractivity contribution in [3.63, 3.8) is 0 Å². The van der Waals surface area contributed by atoms with E-state index in [9.17, 15) is 0 Å². The molecule has 0 radical (unpaired) electrons. The molecule has 2 aromatic heterocycles. The predicted molar refractivity (Wildman–Crippen MR) is 54.2 cm³/mol. The highest BCUT2D eigenvalue weighted by atomic mass is 32.2. The summed E-state index contributed by atoms with van der Waals surface area (Å²) in [6, 6.07) is 4.00.